The molecule has 0 radical (unpaired) electrons. The van der Waals surface area contributed by atoms with Gasteiger partial charge in [0.2, 0.25) is 0 Å². The Hall–Kier alpha value is -1.84. The Bertz CT molecular complexity index is 330. The van der Waals surface area contributed by atoms with E-state index in [1.807, 2.05) is 0 Å². The number of aromatic hydroxyl groups is 1. The van der Waals surface area contributed by atoms with Crippen molar-refractivity contribution >= 4 is 12.2 Å². The van der Waals surface area contributed by atoms with Gasteiger partial charge < -0.3 is 9.84 Å². The molecular weight excluding hydrogens is 182 g/mol. The molecule has 0 aliphatic rings. The second kappa shape index (κ2) is 5.01. The van der Waals surface area contributed by atoms with Crippen LogP contribution in [0.25, 0.3) is 0 Å². The zero-order valence-corrected chi connectivity index (χ0v) is 7.80. The van der Waals surface area contributed by atoms with E-state index in [4.69, 9.17) is 5.11 Å². The van der Waals surface area contributed by atoms with Gasteiger partial charge in [0.1, 0.15) is 12.3 Å². The average Bonchev–Trinajstić information content (AvgIpc) is 2.21. The highest BCUT2D eigenvalue weighted by Gasteiger charge is 1.94. The number of hydrogen-bond acceptors (Lipinski definition) is 4. The van der Waals surface area contributed by atoms with Crippen LogP contribution in [0.5, 0.6) is 5.75 Å². The van der Waals surface area contributed by atoms with Crippen molar-refractivity contribution in [2.75, 3.05) is 13.7 Å². The molecule has 0 saturated heterocycles. The molecule has 0 aliphatic carbocycles. The van der Waals surface area contributed by atoms with Crippen LogP contribution in [0.1, 0.15) is 5.56 Å². The van der Waals surface area contributed by atoms with Gasteiger partial charge >= 0.3 is 5.97 Å². The smallest absolute Gasteiger partial charge is 0.327 e. The molecule has 0 saturated carbocycles. The summed E-state index contributed by atoms with van der Waals surface area (Å²) in [5.74, 6) is -0.171. The molecule has 0 aliphatic heterocycles. The predicted octanol–water partition coefficient (Wildman–Crippen LogP) is 0.984. The van der Waals surface area contributed by atoms with Crippen LogP contribution in [0.3, 0.4) is 0 Å². The van der Waals surface area contributed by atoms with E-state index < -0.39 is 0 Å². The summed E-state index contributed by atoms with van der Waals surface area (Å²) in [6.07, 6.45) is 1.55. The van der Waals surface area contributed by atoms with Gasteiger partial charge in [-0.05, 0) is 29.8 Å². The van der Waals surface area contributed by atoms with Crippen LogP contribution in [0, 0.1) is 0 Å². The number of aliphatic imine (C=N–C) groups is 1. The lowest BCUT2D eigenvalue weighted by molar-refractivity contribution is -0.138. The first-order valence-electron chi connectivity index (χ1n) is 4.08. The van der Waals surface area contributed by atoms with Crippen LogP contribution in [-0.2, 0) is 9.53 Å². The monoisotopic (exact) mass is 193 g/mol. The van der Waals surface area contributed by atoms with Crippen molar-refractivity contribution in [1.82, 2.24) is 0 Å². The number of nitrogens with zero attached hydrogens (tertiary/aromatic N) is 1. The van der Waals surface area contributed by atoms with E-state index in [0.29, 0.717) is 0 Å². The minimum atomic E-state index is -0.375. The Balaban J connectivity index is 2.52. The number of rotatable bonds is 3. The second-order valence-electron chi connectivity index (χ2n) is 2.64. The number of ether oxygens (including phenoxy) is 1. The fourth-order valence-corrected chi connectivity index (χ4v) is 0.851. The summed E-state index contributed by atoms with van der Waals surface area (Å²) in [4.78, 5) is 14.5. The van der Waals surface area contributed by atoms with Crippen molar-refractivity contribution in [1.29, 1.82) is 0 Å². The highest BCUT2D eigenvalue weighted by Crippen LogP contribution is 2.07. The van der Waals surface area contributed by atoms with Crippen molar-refractivity contribution in [3.8, 4) is 5.75 Å². The summed E-state index contributed by atoms with van der Waals surface area (Å²) in [5, 5.41) is 8.99. The fraction of sp³-hybridized carbons (Fsp3) is 0.200. The maximum atomic E-state index is 10.7. The molecule has 0 fully saturated rings. The first-order chi connectivity index (χ1) is 6.72. The van der Waals surface area contributed by atoms with Crippen LogP contribution in [-0.4, -0.2) is 30.9 Å². The minimum absolute atomic E-state index is 0.0113. The molecule has 0 aromatic heterocycles. The maximum absolute atomic E-state index is 10.7. The number of methoxy groups -OCH3 is 1. The molecule has 1 rings (SSSR count). The molecule has 14 heavy (non-hydrogen) atoms. The summed E-state index contributed by atoms with van der Waals surface area (Å²) in [7, 11) is 1.32. The molecule has 0 atom stereocenters. The van der Waals surface area contributed by atoms with Gasteiger partial charge in [0.15, 0.2) is 0 Å². The summed E-state index contributed by atoms with van der Waals surface area (Å²) in [6.45, 7) is 0.0113. The maximum Gasteiger partial charge on any atom is 0.327 e. The minimum Gasteiger partial charge on any atom is -0.508 e. The standard InChI is InChI=1S/C10H11NO3/c1-14-10(13)7-11-6-8-2-4-9(12)5-3-8/h2-6,12H,7H2,1H3. The number of carbonyl (C=O) groups is 1. The molecule has 1 N–H and O–H groups in total. The molecule has 0 unspecified atom stereocenters. The van der Waals surface area contributed by atoms with Crippen molar-refractivity contribution in [2.24, 2.45) is 4.99 Å². The van der Waals surface area contributed by atoms with Crippen LogP contribution in [0.2, 0.25) is 0 Å². The Labute approximate surface area is 81.9 Å². The Morgan fingerprint density at radius 2 is 2.14 bits per heavy atom. The SMILES string of the molecule is COC(=O)CN=Cc1ccc(O)cc1. The van der Waals surface area contributed by atoms with Crippen molar-refractivity contribution in [3.05, 3.63) is 29.8 Å². The van der Waals surface area contributed by atoms with Gasteiger partial charge in [0, 0.05) is 6.21 Å². The van der Waals surface area contributed by atoms with Gasteiger partial charge in [0.05, 0.1) is 7.11 Å². The third-order valence-corrected chi connectivity index (χ3v) is 1.58. The average molecular weight is 193 g/mol. The van der Waals surface area contributed by atoms with Gasteiger partial charge in [0.25, 0.3) is 0 Å². The highest BCUT2D eigenvalue weighted by atomic mass is 16.5. The highest BCUT2D eigenvalue weighted by molar-refractivity contribution is 5.82. The Kier molecular flexibility index (Phi) is 3.67. The van der Waals surface area contributed by atoms with E-state index in [2.05, 4.69) is 9.73 Å². The molecular formula is C10H11NO3. The van der Waals surface area contributed by atoms with E-state index in [-0.39, 0.29) is 18.3 Å². The second-order valence-corrected chi connectivity index (χ2v) is 2.64. The zero-order valence-electron chi connectivity index (χ0n) is 7.80. The van der Waals surface area contributed by atoms with Gasteiger partial charge in [-0.1, -0.05) is 0 Å². The van der Waals surface area contributed by atoms with Crippen molar-refractivity contribution < 1.29 is 14.6 Å². The largest absolute Gasteiger partial charge is 0.508 e. The normalized spacial score (nSPS) is 10.4. The van der Waals surface area contributed by atoms with Crippen LogP contribution >= 0.6 is 0 Å². The van der Waals surface area contributed by atoms with Gasteiger partial charge in [-0.3, -0.25) is 9.79 Å². The topological polar surface area (TPSA) is 58.9 Å². The molecule has 1 aromatic carbocycles. The van der Waals surface area contributed by atoms with Crippen LogP contribution < -0.4 is 0 Å². The molecule has 4 heteroatoms. The number of carbonyl (C=O) groups excluding carboxylic acids is 1. The third kappa shape index (κ3) is 3.26. The lowest BCUT2D eigenvalue weighted by atomic mass is 10.2. The molecule has 0 amide bonds. The zero-order chi connectivity index (χ0) is 10.4. The number of phenols is 1. The van der Waals surface area contributed by atoms with E-state index in [1.165, 1.54) is 7.11 Å². The molecule has 74 valence electrons. The number of phenolic OH excluding ortho intramolecular Hbond substituents is 1. The number of esters is 1. The third-order valence-electron chi connectivity index (χ3n) is 1.58. The van der Waals surface area contributed by atoms with E-state index in [9.17, 15) is 4.79 Å². The van der Waals surface area contributed by atoms with Crippen molar-refractivity contribution in [2.45, 2.75) is 0 Å². The summed E-state index contributed by atoms with van der Waals surface area (Å²) in [6, 6.07) is 6.52. The molecule has 0 bridgehead atoms. The molecule has 0 spiro atoms. The van der Waals surface area contributed by atoms with E-state index in [0.717, 1.165) is 5.56 Å². The van der Waals surface area contributed by atoms with Crippen molar-refractivity contribution in [3.63, 3.8) is 0 Å². The fourth-order valence-electron chi connectivity index (χ4n) is 0.851. The van der Waals surface area contributed by atoms with Gasteiger partial charge in [-0.15, -0.1) is 0 Å². The lowest BCUT2D eigenvalue weighted by Crippen LogP contribution is -2.04. The quantitative estimate of drug-likeness (QED) is 0.575. The van der Waals surface area contributed by atoms with Crippen LogP contribution in [0.4, 0.5) is 0 Å². The number of benzene rings is 1. The van der Waals surface area contributed by atoms with Gasteiger partial charge in [-0.2, -0.15) is 0 Å². The first kappa shape index (κ1) is 10.2. The predicted molar refractivity (Wildman–Crippen MR) is 52.6 cm³/mol. The summed E-state index contributed by atoms with van der Waals surface area (Å²) < 4.78 is 4.41. The van der Waals surface area contributed by atoms with Crippen LogP contribution in [0.15, 0.2) is 29.3 Å². The van der Waals surface area contributed by atoms with Gasteiger partial charge in [-0.25, -0.2) is 0 Å². The summed E-state index contributed by atoms with van der Waals surface area (Å²) >= 11 is 0. The molecule has 1 aromatic rings. The Morgan fingerprint density at radius 1 is 1.50 bits per heavy atom. The Morgan fingerprint density at radius 3 is 2.71 bits per heavy atom. The molecule has 4 nitrogen and oxygen atoms in total. The number of hydrogen-bond donors (Lipinski definition) is 1. The molecule has 0 heterocycles. The van der Waals surface area contributed by atoms with E-state index in [1.54, 1.807) is 30.5 Å². The lowest BCUT2D eigenvalue weighted by Gasteiger charge is -1.94. The van der Waals surface area contributed by atoms with E-state index >= 15 is 0 Å². The summed E-state index contributed by atoms with van der Waals surface area (Å²) in [5.41, 5.74) is 0.826. The first-order valence-corrected chi connectivity index (χ1v) is 4.08.